The lowest BCUT2D eigenvalue weighted by atomic mass is 10.0. The van der Waals surface area contributed by atoms with Crippen LogP contribution in [0.5, 0.6) is 0 Å². The van der Waals surface area contributed by atoms with Crippen molar-refractivity contribution in [1.82, 2.24) is 9.55 Å². The number of rotatable bonds is 5. The second kappa shape index (κ2) is 4.94. The summed E-state index contributed by atoms with van der Waals surface area (Å²) in [6.45, 7) is 6.89. The normalized spacial score (nSPS) is 12.8. The molecule has 1 rings (SSSR count). The monoisotopic (exact) mass is 194 g/mol. The molecule has 1 unspecified atom stereocenters. The minimum Gasteiger partial charge on any atom is -0.329 e. The third-order valence-corrected chi connectivity index (χ3v) is 2.45. The summed E-state index contributed by atoms with van der Waals surface area (Å²) in [5.41, 5.74) is 0. The third-order valence-electron chi connectivity index (χ3n) is 2.45. The Kier molecular flexibility index (Phi) is 3.86. The molecule has 1 aromatic rings. The number of ketones is 1. The summed E-state index contributed by atoms with van der Waals surface area (Å²) in [5.74, 6) is 0.861. The average Bonchev–Trinajstić information content (AvgIpc) is 2.64. The van der Waals surface area contributed by atoms with Crippen molar-refractivity contribution in [1.29, 1.82) is 0 Å². The predicted octanol–water partition coefficient (Wildman–Crippen LogP) is 2.52. The molecule has 0 N–H and O–H groups in total. The topological polar surface area (TPSA) is 34.9 Å². The average molecular weight is 194 g/mol. The van der Waals surface area contributed by atoms with Crippen LogP contribution in [0.3, 0.4) is 0 Å². The number of nitrogens with zero attached hydrogens (tertiary/aromatic N) is 2. The van der Waals surface area contributed by atoms with Crippen LogP contribution in [0.15, 0.2) is 12.4 Å². The van der Waals surface area contributed by atoms with Crippen molar-refractivity contribution < 1.29 is 4.79 Å². The number of carbonyl (C=O) groups is 1. The summed E-state index contributed by atoms with van der Waals surface area (Å²) in [6, 6.07) is 0. The molecule has 1 atom stereocenters. The van der Waals surface area contributed by atoms with Gasteiger partial charge in [-0.25, -0.2) is 4.98 Å². The largest absolute Gasteiger partial charge is 0.329 e. The molecule has 0 fully saturated rings. The second-order valence-electron chi connectivity index (χ2n) is 3.59. The van der Waals surface area contributed by atoms with E-state index in [1.165, 1.54) is 0 Å². The van der Waals surface area contributed by atoms with Crippen molar-refractivity contribution in [3.8, 4) is 0 Å². The van der Waals surface area contributed by atoms with Gasteiger partial charge in [-0.3, -0.25) is 4.79 Å². The van der Waals surface area contributed by atoms with Crippen LogP contribution in [0.25, 0.3) is 0 Å². The Morgan fingerprint density at radius 3 is 2.86 bits per heavy atom. The molecule has 1 heterocycles. The summed E-state index contributed by atoms with van der Waals surface area (Å²) in [7, 11) is 0. The number of aryl methyl sites for hydroxylation is 1. The van der Waals surface area contributed by atoms with Crippen LogP contribution >= 0.6 is 0 Å². The summed E-state index contributed by atoms with van der Waals surface area (Å²) in [5, 5.41) is 0. The molecule has 3 heteroatoms. The maximum absolute atomic E-state index is 11.9. The maximum atomic E-state index is 11.9. The van der Waals surface area contributed by atoms with E-state index in [-0.39, 0.29) is 11.7 Å². The SMILES string of the molecule is CCCC(C)C(=O)c1nccn1CC. The van der Waals surface area contributed by atoms with Crippen LogP contribution in [0, 0.1) is 5.92 Å². The molecule has 0 aromatic carbocycles. The van der Waals surface area contributed by atoms with Gasteiger partial charge in [-0.2, -0.15) is 0 Å². The fourth-order valence-corrected chi connectivity index (χ4v) is 1.57. The van der Waals surface area contributed by atoms with Crippen molar-refractivity contribution in [2.75, 3.05) is 0 Å². The lowest BCUT2D eigenvalue weighted by Crippen LogP contribution is -2.16. The predicted molar refractivity (Wildman–Crippen MR) is 56.3 cm³/mol. The van der Waals surface area contributed by atoms with E-state index >= 15 is 0 Å². The Balaban J connectivity index is 2.78. The first-order chi connectivity index (χ1) is 6.70. The zero-order chi connectivity index (χ0) is 10.6. The summed E-state index contributed by atoms with van der Waals surface area (Å²) >= 11 is 0. The first-order valence-electron chi connectivity index (χ1n) is 5.26. The number of hydrogen-bond donors (Lipinski definition) is 0. The highest BCUT2D eigenvalue weighted by Gasteiger charge is 2.18. The maximum Gasteiger partial charge on any atom is 0.201 e. The van der Waals surface area contributed by atoms with Gasteiger partial charge in [-0.05, 0) is 13.3 Å². The number of carbonyl (C=O) groups excluding carboxylic acids is 1. The Morgan fingerprint density at radius 2 is 2.29 bits per heavy atom. The van der Waals surface area contributed by atoms with E-state index in [1.54, 1.807) is 6.20 Å². The van der Waals surface area contributed by atoms with E-state index in [0.717, 1.165) is 19.4 Å². The van der Waals surface area contributed by atoms with Gasteiger partial charge in [0.1, 0.15) is 0 Å². The fraction of sp³-hybridized carbons (Fsp3) is 0.636. The fourth-order valence-electron chi connectivity index (χ4n) is 1.57. The molecule has 0 saturated carbocycles. The van der Waals surface area contributed by atoms with E-state index < -0.39 is 0 Å². The van der Waals surface area contributed by atoms with Gasteiger partial charge < -0.3 is 4.57 Å². The zero-order valence-corrected chi connectivity index (χ0v) is 9.16. The highest BCUT2D eigenvalue weighted by molar-refractivity contribution is 5.94. The highest BCUT2D eigenvalue weighted by Crippen LogP contribution is 2.12. The van der Waals surface area contributed by atoms with Crippen LogP contribution in [0.1, 0.15) is 44.2 Å². The molecular formula is C11H18N2O. The van der Waals surface area contributed by atoms with E-state index in [2.05, 4.69) is 11.9 Å². The van der Waals surface area contributed by atoms with Crippen molar-refractivity contribution in [2.45, 2.75) is 40.2 Å². The van der Waals surface area contributed by atoms with Crippen LogP contribution in [-0.4, -0.2) is 15.3 Å². The summed E-state index contributed by atoms with van der Waals surface area (Å²) in [4.78, 5) is 16.0. The third kappa shape index (κ3) is 2.22. The Labute approximate surface area is 85.2 Å². The molecule has 1 aromatic heterocycles. The molecule has 0 aliphatic rings. The molecule has 0 saturated heterocycles. The van der Waals surface area contributed by atoms with Gasteiger partial charge in [0.25, 0.3) is 0 Å². The molecule has 0 aliphatic carbocycles. The second-order valence-corrected chi connectivity index (χ2v) is 3.59. The van der Waals surface area contributed by atoms with Gasteiger partial charge in [0, 0.05) is 24.9 Å². The van der Waals surface area contributed by atoms with Gasteiger partial charge in [0.15, 0.2) is 5.82 Å². The van der Waals surface area contributed by atoms with Gasteiger partial charge in [-0.15, -0.1) is 0 Å². The first kappa shape index (κ1) is 11.0. The summed E-state index contributed by atoms with van der Waals surface area (Å²) in [6.07, 6.45) is 5.52. The van der Waals surface area contributed by atoms with Gasteiger partial charge in [0.2, 0.25) is 5.78 Å². The Bertz CT molecular complexity index is 304. The standard InChI is InChI=1S/C11H18N2O/c1-4-6-9(3)10(14)11-12-7-8-13(11)5-2/h7-9H,4-6H2,1-3H3. The van der Waals surface area contributed by atoms with E-state index in [9.17, 15) is 4.79 Å². The molecule has 0 amide bonds. The first-order valence-corrected chi connectivity index (χ1v) is 5.26. The van der Waals surface area contributed by atoms with Crippen molar-refractivity contribution >= 4 is 5.78 Å². The van der Waals surface area contributed by atoms with Crippen LogP contribution in [-0.2, 0) is 6.54 Å². The number of imidazole rings is 1. The lowest BCUT2D eigenvalue weighted by Gasteiger charge is -2.09. The highest BCUT2D eigenvalue weighted by atomic mass is 16.1. The van der Waals surface area contributed by atoms with Gasteiger partial charge >= 0.3 is 0 Å². The Morgan fingerprint density at radius 1 is 1.57 bits per heavy atom. The Hall–Kier alpha value is -1.12. The number of Topliss-reactive ketones (excluding diaryl/α,β-unsaturated/α-hetero) is 1. The van der Waals surface area contributed by atoms with Crippen molar-refractivity contribution in [3.05, 3.63) is 18.2 Å². The smallest absolute Gasteiger partial charge is 0.201 e. The molecular weight excluding hydrogens is 176 g/mol. The zero-order valence-electron chi connectivity index (χ0n) is 9.16. The van der Waals surface area contributed by atoms with Crippen LogP contribution in [0.4, 0.5) is 0 Å². The summed E-state index contributed by atoms with van der Waals surface area (Å²) < 4.78 is 1.90. The van der Waals surface area contributed by atoms with Crippen LogP contribution in [0.2, 0.25) is 0 Å². The molecule has 0 spiro atoms. The van der Waals surface area contributed by atoms with E-state index in [1.807, 2.05) is 24.6 Å². The van der Waals surface area contributed by atoms with Crippen molar-refractivity contribution in [3.63, 3.8) is 0 Å². The molecule has 0 bridgehead atoms. The minimum absolute atomic E-state index is 0.0905. The van der Waals surface area contributed by atoms with Crippen LogP contribution < -0.4 is 0 Å². The molecule has 0 radical (unpaired) electrons. The minimum atomic E-state index is 0.0905. The molecule has 14 heavy (non-hydrogen) atoms. The molecule has 78 valence electrons. The number of hydrogen-bond acceptors (Lipinski definition) is 2. The van der Waals surface area contributed by atoms with Crippen molar-refractivity contribution in [2.24, 2.45) is 5.92 Å². The van der Waals surface area contributed by atoms with Gasteiger partial charge in [0.05, 0.1) is 0 Å². The van der Waals surface area contributed by atoms with E-state index in [0.29, 0.717) is 5.82 Å². The lowest BCUT2D eigenvalue weighted by molar-refractivity contribution is 0.0908. The van der Waals surface area contributed by atoms with Gasteiger partial charge in [-0.1, -0.05) is 20.3 Å². The molecule has 0 aliphatic heterocycles. The quantitative estimate of drug-likeness (QED) is 0.675. The van der Waals surface area contributed by atoms with E-state index in [4.69, 9.17) is 0 Å². The molecule has 3 nitrogen and oxygen atoms in total. The number of aromatic nitrogens is 2.